The normalized spacial score (nSPS) is 17.1. The molecule has 1 aromatic carbocycles. The molecule has 3 rings (SSSR count). The van der Waals surface area contributed by atoms with E-state index in [1.165, 1.54) is 19.2 Å². The highest BCUT2D eigenvalue weighted by Crippen LogP contribution is 2.42. The van der Waals surface area contributed by atoms with Crippen LogP contribution in [0, 0.1) is 15.9 Å². The molecule has 2 heterocycles. The Kier molecular flexibility index (Phi) is 1.99. The van der Waals surface area contributed by atoms with Crippen LogP contribution in [0.15, 0.2) is 30.5 Å². The maximum absolute atomic E-state index is 13.4. The highest BCUT2D eigenvalue weighted by Gasteiger charge is 2.28. The number of hydrogen-bond acceptors (Lipinski definition) is 4. The summed E-state index contributed by atoms with van der Waals surface area (Å²) in [6.45, 7) is -2.09. The van der Waals surface area contributed by atoms with Crippen molar-refractivity contribution in [1.29, 1.82) is 0 Å². The lowest BCUT2D eigenvalue weighted by Crippen LogP contribution is -2.23. The second-order valence-corrected chi connectivity index (χ2v) is 4.15. The number of para-hydroxylation sites is 1. The zero-order chi connectivity index (χ0) is 15.4. The van der Waals surface area contributed by atoms with Crippen molar-refractivity contribution in [2.75, 3.05) is 11.9 Å². The molecule has 1 aliphatic rings. The van der Waals surface area contributed by atoms with Gasteiger partial charge >= 0.3 is 0 Å². The fraction of sp³-hybridized carbons (Fsp3) is 0.154. The van der Waals surface area contributed by atoms with Crippen LogP contribution in [-0.2, 0) is 6.50 Å². The fourth-order valence-corrected chi connectivity index (χ4v) is 2.20. The number of nitro benzene ring substituents is 1. The summed E-state index contributed by atoms with van der Waals surface area (Å²) in [7, 11) is 1.40. The first-order valence-electron chi connectivity index (χ1n) is 6.51. The number of halogens is 1. The second kappa shape index (κ2) is 4.01. The number of rotatable bonds is 1. The number of pyridine rings is 1. The molecule has 6 heteroatoms. The Labute approximate surface area is 111 Å². The summed E-state index contributed by atoms with van der Waals surface area (Å²) >= 11 is 0. The molecule has 0 aliphatic carbocycles. The molecular formula is C13H10FN3O2. The number of benzene rings is 1. The average Bonchev–Trinajstić information content (AvgIpc) is 2.44. The van der Waals surface area contributed by atoms with Gasteiger partial charge < -0.3 is 4.90 Å². The molecule has 1 aliphatic heterocycles. The first kappa shape index (κ1) is 9.43. The lowest BCUT2D eigenvalue weighted by Gasteiger charge is -2.28. The second-order valence-electron chi connectivity index (χ2n) is 4.15. The summed E-state index contributed by atoms with van der Waals surface area (Å²) in [5.41, 5.74) is 0.614. The summed E-state index contributed by atoms with van der Waals surface area (Å²) in [5, 5.41) is 11.2. The van der Waals surface area contributed by atoms with Crippen molar-refractivity contribution in [3.8, 4) is 11.3 Å². The van der Waals surface area contributed by atoms with E-state index in [-0.39, 0.29) is 22.6 Å². The molecule has 1 aromatic heterocycles. The summed E-state index contributed by atoms with van der Waals surface area (Å²) in [6.07, 6.45) is 0.975. The van der Waals surface area contributed by atoms with Gasteiger partial charge in [-0.2, -0.15) is 0 Å². The maximum Gasteiger partial charge on any atom is 0.293 e. The van der Waals surface area contributed by atoms with Gasteiger partial charge in [-0.05, 0) is 6.07 Å². The first-order valence-corrected chi connectivity index (χ1v) is 5.51. The zero-order valence-electron chi connectivity index (χ0n) is 11.9. The van der Waals surface area contributed by atoms with E-state index in [1.807, 2.05) is 0 Å². The largest absolute Gasteiger partial charge is 0.364 e. The van der Waals surface area contributed by atoms with Gasteiger partial charge in [0.1, 0.15) is 11.5 Å². The van der Waals surface area contributed by atoms with Crippen LogP contribution in [0.5, 0.6) is 0 Å². The fourth-order valence-electron chi connectivity index (χ4n) is 2.20. The molecule has 0 radical (unpaired) electrons. The molecule has 19 heavy (non-hydrogen) atoms. The summed E-state index contributed by atoms with van der Waals surface area (Å²) in [5.74, 6) is -0.653. The molecule has 0 saturated heterocycles. The Balaban J connectivity index is 2.41. The van der Waals surface area contributed by atoms with Crippen LogP contribution in [0.1, 0.15) is 8.30 Å². The molecule has 0 spiro atoms. The maximum atomic E-state index is 13.4. The topological polar surface area (TPSA) is 59.3 Å². The highest BCUT2D eigenvalue weighted by molar-refractivity contribution is 5.87. The van der Waals surface area contributed by atoms with E-state index in [9.17, 15) is 14.5 Å². The molecule has 2 aromatic rings. The van der Waals surface area contributed by atoms with Crippen LogP contribution in [0.3, 0.4) is 0 Å². The van der Waals surface area contributed by atoms with Crippen molar-refractivity contribution < 1.29 is 12.1 Å². The van der Waals surface area contributed by atoms with Crippen molar-refractivity contribution in [1.82, 2.24) is 4.98 Å². The molecule has 96 valence electrons. The van der Waals surface area contributed by atoms with Gasteiger partial charge in [0.15, 0.2) is 0 Å². The third kappa shape index (κ3) is 1.72. The molecular weight excluding hydrogens is 249 g/mol. The SMILES string of the molecule is [2H]C1([2H])c2cc(F)cnc2-c2cccc([N+](=O)[O-])c2N1C. The number of aromatic nitrogens is 1. The van der Waals surface area contributed by atoms with Crippen LogP contribution in [-0.4, -0.2) is 17.0 Å². The Bertz CT molecular complexity index is 767. The van der Waals surface area contributed by atoms with Crippen molar-refractivity contribution in [3.05, 3.63) is 52.0 Å². The monoisotopic (exact) mass is 261 g/mol. The third-order valence-corrected chi connectivity index (χ3v) is 2.94. The van der Waals surface area contributed by atoms with Gasteiger partial charge in [0.2, 0.25) is 0 Å². The van der Waals surface area contributed by atoms with Gasteiger partial charge in [0.25, 0.3) is 5.69 Å². The molecule has 0 unspecified atom stereocenters. The Hall–Kier alpha value is -2.50. The quantitative estimate of drug-likeness (QED) is 0.585. The molecule has 5 nitrogen and oxygen atoms in total. The van der Waals surface area contributed by atoms with Crippen molar-refractivity contribution in [3.63, 3.8) is 0 Å². The van der Waals surface area contributed by atoms with Gasteiger partial charge in [-0.3, -0.25) is 15.1 Å². The minimum atomic E-state index is -2.09. The number of fused-ring (bicyclic) bond motifs is 3. The molecule has 0 bridgehead atoms. The lowest BCUT2D eigenvalue weighted by atomic mass is 9.97. The van der Waals surface area contributed by atoms with E-state index in [4.69, 9.17) is 2.74 Å². The van der Waals surface area contributed by atoms with E-state index < -0.39 is 17.2 Å². The molecule has 0 amide bonds. The van der Waals surface area contributed by atoms with Crippen molar-refractivity contribution in [2.45, 2.75) is 6.50 Å². The Morgan fingerprint density at radius 1 is 1.58 bits per heavy atom. The number of hydrogen-bond donors (Lipinski definition) is 0. The van der Waals surface area contributed by atoms with E-state index in [1.54, 1.807) is 6.07 Å². The standard InChI is InChI=1S/C13H10FN3O2/c1-16-7-8-5-9(14)6-15-12(8)10-3-2-4-11(13(10)16)17(18)19/h2-6H,7H2,1H3/i7D2. The Morgan fingerprint density at radius 2 is 2.37 bits per heavy atom. The van der Waals surface area contributed by atoms with Gasteiger partial charge in [0.05, 0.1) is 19.6 Å². The lowest BCUT2D eigenvalue weighted by molar-refractivity contribution is -0.384. The molecule has 0 fully saturated rings. The molecule has 0 saturated carbocycles. The predicted octanol–water partition coefficient (Wildman–Crippen LogP) is 2.75. The molecule has 0 atom stereocenters. The van der Waals surface area contributed by atoms with Gasteiger partial charge in [0, 0.05) is 30.7 Å². The van der Waals surface area contributed by atoms with Crippen LogP contribution in [0.4, 0.5) is 15.8 Å². The molecule has 0 N–H and O–H groups in total. The van der Waals surface area contributed by atoms with Gasteiger partial charge in [-0.25, -0.2) is 4.39 Å². The van der Waals surface area contributed by atoms with Crippen molar-refractivity contribution in [2.24, 2.45) is 0 Å². The van der Waals surface area contributed by atoms with Crippen LogP contribution in [0.2, 0.25) is 0 Å². The number of nitro groups is 1. The predicted molar refractivity (Wildman–Crippen MR) is 68.4 cm³/mol. The van der Waals surface area contributed by atoms with Gasteiger partial charge in [-0.1, -0.05) is 12.1 Å². The summed E-state index contributed by atoms with van der Waals surface area (Å²) in [6, 6.07) is 5.48. The van der Waals surface area contributed by atoms with E-state index in [2.05, 4.69) is 4.98 Å². The third-order valence-electron chi connectivity index (χ3n) is 2.94. The smallest absolute Gasteiger partial charge is 0.293 e. The number of nitrogens with zero attached hydrogens (tertiary/aromatic N) is 3. The van der Waals surface area contributed by atoms with Crippen molar-refractivity contribution >= 4 is 11.4 Å². The van der Waals surface area contributed by atoms with Crippen LogP contribution < -0.4 is 4.90 Å². The highest BCUT2D eigenvalue weighted by atomic mass is 19.1. The minimum Gasteiger partial charge on any atom is -0.364 e. The minimum absolute atomic E-state index is 0.0537. The Morgan fingerprint density at radius 3 is 3.11 bits per heavy atom. The average molecular weight is 261 g/mol. The van der Waals surface area contributed by atoms with Gasteiger partial charge in [-0.15, -0.1) is 0 Å². The first-order chi connectivity index (χ1) is 9.84. The van der Waals surface area contributed by atoms with E-state index >= 15 is 0 Å². The zero-order valence-corrected chi connectivity index (χ0v) is 9.92. The number of anilines is 1. The van der Waals surface area contributed by atoms with E-state index in [0.29, 0.717) is 5.56 Å². The van der Waals surface area contributed by atoms with Crippen LogP contribution >= 0.6 is 0 Å². The summed E-state index contributed by atoms with van der Waals surface area (Å²) in [4.78, 5) is 15.7. The van der Waals surface area contributed by atoms with E-state index in [0.717, 1.165) is 17.2 Å². The van der Waals surface area contributed by atoms with Crippen LogP contribution in [0.25, 0.3) is 11.3 Å². The summed E-state index contributed by atoms with van der Waals surface area (Å²) < 4.78 is 29.7.